The summed E-state index contributed by atoms with van der Waals surface area (Å²) in [6, 6.07) is 2.26. The first-order valence-electron chi connectivity index (χ1n) is 5.74. The van der Waals surface area contributed by atoms with Gasteiger partial charge in [0, 0.05) is 24.8 Å². The molecule has 2 rings (SSSR count). The zero-order chi connectivity index (χ0) is 12.3. The van der Waals surface area contributed by atoms with Gasteiger partial charge in [-0.1, -0.05) is 11.6 Å². The van der Waals surface area contributed by atoms with Gasteiger partial charge in [0.1, 0.15) is 18.0 Å². The number of nitrogens with zero attached hydrogens (tertiary/aromatic N) is 1. The van der Waals surface area contributed by atoms with Crippen LogP contribution in [0, 0.1) is 0 Å². The van der Waals surface area contributed by atoms with Gasteiger partial charge in [-0.15, -0.1) is 0 Å². The number of pyridine rings is 1. The minimum absolute atomic E-state index is 0.217. The van der Waals surface area contributed by atoms with E-state index in [1.807, 2.05) is 0 Å². The van der Waals surface area contributed by atoms with Crippen molar-refractivity contribution >= 4 is 11.6 Å². The minimum Gasteiger partial charge on any atom is -0.489 e. The second-order valence-electron chi connectivity index (χ2n) is 4.78. The lowest BCUT2D eigenvalue weighted by Gasteiger charge is -2.23. The zero-order valence-electron chi connectivity index (χ0n) is 9.82. The topological polar surface area (TPSA) is 54.4 Å². The van der Waals surface area contributed by atoms with Gasteiger partial charge in [0.05, 0.1) is 11.2 Å². The maximum atomic E-state index is 10.1. The van der Waals surface area contributed by atoms with Crippen molar-refractivity contribution in [1.82, 2.24) is 10.3 Å². The van der Waals surface area contributed by atoms with E-state index in [-0.39, 0.29) is 6.61 Å². The molecule has 0 amide bonds. The Balaban J connectivity index is 1.78. The lowest BCUT2D eigenvalue weighted by atomic mass is 10.1. The molecule has 0 aliphatic heterocycles. The Kier molecular flexibility index (Phi) is 3.86. The maximum Gasteiger partial charge on any atom is 0.139 e. The second kappa shape index (κ2) is 5.21. The van der Waals surface area contributed by atoms with Crippen molar-refractivity contribution in [2.45, 2.75) is 31.4 Å². The Hall–Kier alpha value is -0.840. The van der Waals surface area contributed by atoms with Crippen LogP contribution in [0.15, 0.2) is 18.5 Å². The molecule has 1 heterocycles. The summed E-state index contributed by atoms with van der Waals surface area (Å²) < 4.78 is 5.47. The average Bonchev–Trinajstić information content (AvgIpc) is 3.08. The van der Waals surface area contributed by atoms with Crippen LogP contribution in [0.5, 0.6) is 5.75 Å². The number of nitrogens with one attached hydrogen (secondary N) is 1. The molecule has 1 aliphatic carbocycles. The lowest BCUT2D eigenvalue weighted by Crippen LogP contribution is -2.43. The zero-order valence-corrected chi connectivity index (χ0v) is 10.6. The van der Waals surface area contributed by atoms with Gasteiger partial charge in [-0.25, -0.2) is 0 Å². The van der Waals surface area contributed by atoms with Crippen LogP contribution in [0.1, 0.15) is 19.8 Å². The standard InChI is InChI=1S/C12H17ClN2O2/c1-12(16,7-15-10-2-3-10)8-17-11-4-9(13)5-14-6-11/h4-6,10,15-16H,2-3,7-8H2,1H3. The van der Waals surface area contributed by atoms with Crippen molar-refractivity contribution in [3.63, 3.8) is 0 Å². The highest BCUT2D eigenvalue weighted by Gasteiger charge is 2.27. The minimum atomic E-state index is -0.884. The molecule has 2 N–H and O–H groups in total. The molecule has 0 spiro atoms. The summed E-state index contributed by atoms with van der Waals surface area (Å²) >= 11 is 5.79. The number of rotatable bonds is 6. The van der Waals surface area contributed by atoms with E-state index in [9.17, 15) is 5.11 Å². The highest BCUT2D eigenvalue weighted by Crippen LogP contribution is 2.20. The van der Waals surface area contributed by atoms with Gasteiger partial charge in [0.25, 0.3) is 0 Å². The van der Waals surface area contributed by atoms with Gasteiger partial charge in [0.2, 0.25) is 0 Å². The quantitative estimate of drug-likeness (QED) is 0.812. The van der Waals surface area contributed by atoms with E-state index in [1.54, 1.807) is 25.4 Å². The van der Waals surface area contributed by atoms with Crippen LogP contribution >= 0.6 is 11.6 Å². The van der Waals surface area contributed by atoms with Gasteiger partial charge in [-0.3, -0.25) is 4.98 Å². The number of aliphatic hydroxyl groups is 1. The summed E-state index contributed by atoms with van der Waals surface area (Å²) in [7, 11) is 0. The van der Waals surface area contributed by atoms with Gasteiger partial charge in [-0.2, -0.15) is 0 Å². The largest absolute Gasteiger partial charge is 0.489 e. The number of ether oxygens (including phenoxy) is 1. The molecule has 0 bridgehead atoms. The molecule has 4 nitrogen and oxygen atoms in total. The predicted octanol–water partition coefficient (Wildman–Crippen LogP) is 1.62. The van der Waals surface area contributed by atoms with Gasteiger partial charge in [-0.05, 0) is 19.8 Å². The average molecular weight is 257 g/mol. The third-order valence-electron chi connectivity index (χ3n) is 2.58. The fourth-order valence-electron chi connectivity index (χ4n) is 1.41. The SMILES string of the molecule is CC(O)(CNC1CC1)COc1cncc(Cl)c1. The molecule has 0 radical (unpaired) electrons. The summed E-state index contributed by atoms with van der Waals surface area (Å²) in [5, 5.41) is 13.9. The van der Waals surface area contributed by atoms with Crippen molar-refractivity contribution in [2.24, 2.45) is 0 Å². The van der Waals surface area contributed by atoms with Gasteiger partial charge >= 0.3 is 0 Å². The molecular formula is C12H17ClN2O2. The first-order valence-corrected chi connectivity index (χ1v) is 6.12. The number of hydrogen-bond acceptors (Lipinski definition) is 4. The van der Waals surface area contributed by atoms with Crippen LogP contribution in [0.2, 0.25) is 5.02 Å². The molecule has 94 valence electrons. The van der Waals surface area contributed by atoms with E-state index in [0.29, 0.717) is 23.4 Å². The molecule has 1 saturated carbocycles. The van der Waals surface area contributed by atoms with Crippen LogP contribution in [-0.4, -0.2) is 34.9 Å². The Morgan fingerprint density at radius 2 is 2.35 bits per heavy atom. The highest BCUT2D eigenvalue weighted by molar-refractivity contribution is 6.30. The molecule has 1 aromatic heterocycles. The fourth-order valence-corrected chi connectivity index (χ4v) is 1.58. The van der Waals surface area contributed by atoms with Crippen LogP contribution in [0.4, 0.5) is 0 Å². The lowest BCUT2D eigenvalue weighted by molar-refractivity contribution is 0.0119. The third kappa shape index (κ3) is 4.50. The van der Waals surface area contributed by atoms with Crippen molar-refractivity contribution in [2.75, 3.05) is 13.2 Å². The van der Waals surface area contributed by atoms with E-state index in [4.69, 9.17) is 16.3 Å². The number of hydrogen-bond donors (Lipinski definition) is 2. The molecule has 1 aromatic rings. The molecule has 1 aliphatic rings. The molecular weight excluding hydrogens is 240 g/mol. The van der Waals surface area contributed by atoms with Crippen molar-refractivity contribution in [1.29, 1.82) is 0 Å². The summed E-state index contributed by atoms with van der Waals surface area (Å²) in [5.74, 6) is 0.573. The summed E-state index contributed by atoms with van der Waals surface area (Å²) in [4.78, 5) is 3.91. The van der Waals surface area contributed by atoms with Gasteiger partial charge < -0.3 is 15.2 Å². The number of aromatic nitrogens is 1. The first kappa shape index (κ1) is 12.6. The van der Waals surface area contributed by atoms with E-state index >= 15 is 0 Å². The van der Waals surface area contributed by atoms with E-state index in [0.717, 1.165) is 0 Å². The molecule has 0 saturated heterocycles. The van der Waals surface area contributed by atoms with Crippen LogP contribution < -0.4 is 10.1 Å². The molecule has 5 heteroatoms. The molecule has 17 heavy (non-hydrogen) atoms. The third-order valence-corrected chi connectivity index (χ3v) is 2.79. The highest BCUT2D eigenvalue weighted by atomic mass is 35.5. The molecule has 1 fully saturated rings. The van der Waals surface area contributed by atoms with E-state index < -0.39 is 5.60 Å². The van der Waals surface area contributed by atoms with Crippen molar-refractivity contribution < 1.29 is 9.84 Å². The maximum absolute atomic E-state index is 10.1. The summed E-state index contributed by atoms with van der Waals surface area (Å²) in [6.07, 6.45) is 5.53. The van der Waals surface area contributed by atoms with Crippen LogP contribution in [0.3, 0.4) is 0 Å². The molecule has 0 aromatic carbocycles. The monoisotopic (exact) mass is 256 g/mol. The van der Waals surface area contributed by atoms with Gasteiger partial charge in [0.15, 0.2) is 0 Å². The fraction of sp³-hybridized carbons (Fsp3) is 0.583. The molecule has 1 atom stereocenters. The second-order valence-corrected chi connectivity index (χ2v) is 5.22. The predicted molar refractivity (Wildman–Crippen MR) is 66.4 cm³/mol. The normalized spacial score (nSPS) is 18.8. The summed E-state index contributed by atoms with van der Waals surface area (Å²) in [6.45, 7) is 2.50. The Morgan fingerprint density at radius 3 is 3.00 bits per heavy atom. The van der Waals surface area contributed by atoms with Crippen molar-refractivity contribution in [3.05, 3.63) is 23.5 Å². The van der Waals surface area contributed by atoms with Crippen LogP contribution in [0.25, 0.3) is 0 Å². The smallest absolute Gasteiger partial charge is 0.139 e. The van der Waals surface area contributed by atoms with Crippen LogP contribution in [-0.2, 0) is 0 Å². The van der Waals surface area contributed by atoms with E-state index in [1.165, 1.54) is 12.8 Å². The first-order chi connectivity index (χ1) is 8.05. The summed E-state index contributed by atoms with van der Waals surface area (Å²) in [5.41, 5.74) is -0.884. The number of halogens is 1. The Morgan fingerprint density at radius 1 is 1.59 bits per heavy atom. The Bertz CT molecular complexity index is 381. The van der Waals surface area contributed by atoms with E-state index in [2.05, 4.69) is 10.3 Å². The van der Waals surface area contributed by atoms with Crippen molar-refractivity contribution in [3.8, 4) is 5.75 Å². The molecule has 1 unspecified atom stereocenters. The Labute approximate surface area is 106 Å².